The van der Waals surface area contributed by atoms with E-state index in [4.69, 9.17) is 0 Å². The van der Waals surface area contributed by atoms with Gasteiger partial charge in [-0.05, 0) is 27.4 Å². The molecule has 106 valence electrons. The van der Waals surface area contributed by atoms with Crippen LogP contribution in [0.1, 0.15) is 9.67 Å². The number of hydrogen-bond acceptors (Lipinski definition) is 5. The predicted molar refractivity (Wildman–Crippen MR) is 79.2 cm³/mol. The van der Waals surface area contributed by atoms with Crippen LogP contribution in [0.5, 0.6) is 0 Å². The zero-order valence-electron chi connectivity index (χ0n) is 10.5. The van der Waals surface area contributed by atoms with Crippen LogP contribution in [0, 0.1) is 0 Å². The van der Waals surface area contributed by atoms with Gasteiger partial charge in [0.05, 0.1) is 17.7 Å². The molecule has 0 aromatic carbocycles. The zero-order chi connectivity index (χ0) is 14.0. The number of piperazine rings is 1. The Kier molecular flexibility index (Phi) is 4.78. The molecule has 1 aliphatic heterocycles. The highest BCUT2D eigenvalue weighted by molar-refractivity contribution is 9.10. The van der Waals surface area contributed by atoms with Crippen molar-refractivity contribution in [1.82, 2.24) is 9.21 Å². The molecule has 1 fully saturated rings. The Hall–Kier alpha value is -0.280. The summed E-state index contributed by atoms with van der Waals surface area (Å²) in [4.78, 5) is 14.8. The van der Waals surface area contributed by atoms with Crippen LogP contribution >= 0.6 is 27.3 Å². The lowest BCUT2D eigenvalue weighted by atomic mass is 10.2. The standard InChI is InChI=1S/C11H15BrN2O3S2/c1-19(16,17)14-5-3-13(4-6-14)8-10(15)11-9(12)2-7-18-11/h2,7H,3-6,8H2,1H3. The molecule has 1 aliphatic rings. The maximum atomic E-state index is 12.1. The molecule has 1 aromatic heterocycles. The molecule has 2 heterocycles. The summed E-state index contributed by atoms with van der Waals surface area (Å²) in [6, 6.07) is 1.86. The van der Waals surface area contributed by atoms with Gasteiger partial charge in [0, 0.05) is 30.7 Å². The van der Waals surface area contributed by atoms with Crippen molar-refractivity contribution in [3.05, 3.63) is 20.8 Å². The molecule has 0 radical (unpaired) electrons. The highest BCUT2D eigenvalue weighted by Crippen LogP contribution is 2.23. The fraction of sp³-hybridized carbons (Fsp3) is 0.545. The molecular formula is C11H15BrN2O3S2. The van der Waals surface area contributed by atoms with Gasteiger partial charge in [0.25, 0.3) is 0 Å². The third-order valence-corrected chi connectivity index (χ3v) is 6.22. The Morgan fingerprint density at radius 3 is 2.47 bits per heavy atom. The van der Waals surface area contributed by atoms with Gasteiger partial charge < -0.3 is 0 Å². The van der Waals surface area contributed by atoms with Crippen molar-refractivity contribution >= 4 is 43.1 Å². The molecule has 0 atom stereocenters. The van der Waals surface area contributed by atoms with Gasteiger partial charge in [-0.15, -0.1) is 11.3 Å². The summed E-state index contributed by atoms with van der Waals surface area (Å²) < 4.78 is 25.0. The summed E-state index contributed by atoms with van der Waals surface area (Å²) in [5.74, 6) is 0.0784. The van der Waals surface area contributed by atoms with E-state index in [1.165, 1.54) is 21.9 Å². The molecule has 1 aromatic rings. The lowest BCUT2D eigenvalue weighted by molar-refractivity contribution is 0.0905. The molecule has 2 rings (SSSR count). The molecule has 0 aliphatic carbocycles. The Labute approximate surface area is 125 Å². The summed E-state index contributed by atoms with van der Waals surface area (Å²) in [6.07, 6.45) is 1.22. The Morgan fingerprint density at radius 2 is 2.00 bits per heavy atom. The molecule has 5 nitrogen and oxygen atoms in total. The molecule has 0 amide bonds. The number of nitrogens with zero attached hydrogens (tertiary/aromatic N) is 2. The minimum absolute atomic E-state index is 0.0784. The van der Waals surface area contributed by atoms with Gasteiger partial charge in [-0.3, -0.25) is 9.69 Å². The zero-order valence-corrected chi connectivity index (χ0v) is 13.7. The van der Waals surface area contributed by atoms with Crippen LogP contribution < -0.4 is 0 Å². The van der Waals surface area contributed by atoms with Crippen molar-refractivity contribution in [3.8, 4) is 0 Å². The van der Waals surface area contributed by atoms with Crippen molar-refractivity contribution in [2.75, 3.05) is 39.0 Å². The fourth-order valence-electron chi connectivity index (χ4n) is 1.99. The normalized spacial score (nSPS) is 18.6. The molecule has 0 saturated carbocycles. The number of sulfonamides is 1. The first-order valence-corrected chi connectivity index (χ1v) is 9.33. The first kappa shape index (κ1) is 15.1. The predicted octanol–water partition coefficient (Wildman–Crippen LogP) is 1.27. The summed E-state index contributed by atoms with van der Waals surface area (Å²) in [5.41, 5.74) is 0. The van der Waals surface area contributed by atoms with Crippen LogP contribution in [0.25, 0.3) is 0 Å². The average molecular weight is 367 g/mol. The number of ketones is 1. The van der Waals surface area contributed by atoms with Crippen LogP contribution in [0.3, 0.4) is 0 Å². The second kappa shape index (κ2) is 6.01. The molecular weight excluding hydrogens is 352 g/mol. The van der Waals surface area contributed by atoms with Crippen LogP contribution in [-0.4, -0.2) is 62.4 Å². The van der Waals surface area contributed by atoms with E-state index in [1.807, 2.05) is 16.3 Å². The molecule has 8 heteroatoms. The number of thiophene rings is 1. The Balaban J connectivity index is 1.90. The van der Waals surface area contributed by atoms with Crippen molar-refractivity contribution in [2.24, 2.45) is 0 Å². The second-order valence-corrected chi connectivity index (χ2v) is 8.21. The van der Waals surface area contributed by atoms with Gasteiger partial charge in [-0.1, -0.05) is 0 Å². The highest BCUT2D eigenvalue weighted by Gasteiger charge is 2.25. The van der Waals surface area contributed by atoms with Gasteiger partial charge in [-0.25, -0.2) is 8.42 Å². The van der Waals surface area contributed by atoms with Crippen molar-refractivity contribution in [1.29, 1.82) is 0 Å². The quantitative estimate of drug-likeness (QED) is 0.753. The largest absolute Gasteiger partial charge is 0.293 e. The first-order valence-electron chi connectivity index (χ1n) is 5.81. The van der Waals surface area contributed by atoms with E-state index in [0.29, 0.717) is 32.7 Å². The molecule has 0 unspecified atom stereocenters. The Morgan fingerprint density at radius 1 is 1.37 bits per heavy atom. The lowest BCUT2D eigenvalue weighted by Crippen LogP contribution is -2.49. The van der Waals surface area contributed by atoms with Gasteiger partial charge in [0.2, 0.25) is 10.0 Å². The lowest BCUT2D eigenvalue weighted by Gasteiger charge is -2.32. The topological polar surface area (TPSA) is 57.7 Å². The van der Waals surface area contributed by atoms with Crippen molar-refractivity contribution < 1.29 is 13.2 Å². The summed E-state index contributed by atoms with van der Waals surface area (Å²) in [6.45, 7) is 2.45. The first-order chi connectivity index (χ1) is 8.88. The summed E-state index contributed by atoms with van der Waals surface area (Å²) >= 11 is 4.77. The molecule has 0 N–H and O–H groups in total. The van der Waals surface area contributed by atoms with Crippen LogP contribution in [0.2, 0.25) is 0 Å². The molecule has 1 saturated heterocycles. The fourth-order valence-corrected chi connectivity index (χ4v) is 4.34. The van der Waals surface area contributed by atoms with E-state index in [2.05, 4.69) is 15.9 Å². The van der Waals surface area contributed by atoms with Crippen LogP contribution in [0.15, 0.2) is 15.9 Å². The summed E-state index contributed by atoms with van der Waals surface area (Å²) in [5, 5.41) is 1.87. The van der Waals surface area contributed by atoms with E-state index < -0.39 is 10.0 Å². The minimum atomic E-state index is -3.11. The Bertz CT molecular complexity index is 562. The highest BCUT2D eigenvalue weighted by atomic mass is 79.9. The van der Waals surface area contributed by atoms with Gasteiger partial charge in [0.15, 0.2) is 5.78 Å². The van der Waals surface area contributed by atoms with E-state index in [-0.39, 0.29) is 5.78 Å². The maximum absolute atomic E-state index is 12.1. The maximum Gasteiger partial charge on any atom is 0.211 e. The molecule has 0 spiro atoms. The third kappa shape index (κ3) is 3.85. The van der Waals surface area contributed by atoms with Gasteiger partial charge in [-0.2, -0.15) is 4.31 Å². The van der Waals surface area contributed by atoms with Crippen LogP contribution in [-0.2, 0) is 10.0 Å². The minimum Gasteiger partial charge on any atom is -0.293 e. The number of rotatable bonds is 4. The number of carbonyl (C=O) groups is 1. The number of halogens is 1. The SMILES string of the molecule is CS(=O)(=O)N1CCN(CC(=O)c2sccc2Br)CC1. The van der Waals surface area contributed by atoms with E-state index in [0.717, 1.165) is 9.35 Å². The number of Topliss-reactive ketones (excluding diaryl/α,β-unsaturated/α-hetero) is 1. The number of hydrogen-bond donors (Lipinski definition) is 0. The van der Waals surface area contributed by atoms with Crippen molar-refractivity contribution in [2.45, 2.75) is 0 Å². The average Bonchev–Trinajstić information content (AvgIpc) is 2.75. The van der Waals surface area contributed by atoms with Crippen LogP contribution in [0.4, 0.5) is 0 Å². The van der Waals surface area contributed by atoms with E-state index in [9.17, 15) is 13.2 Å². The van der Waals surface area contributed by atoms with Gasteiger partial charge in [0.1, 0.15) is 0 Å². The smallest absolute Gasteiger partial charge is 0.211 e. The summed E-state index contributed by atoms with van der Waals surface area (Å²) in [7, 11) is -3.11. The van der Waals surface area contributed by atoms with E-state index in [1.54, 1.807) is 0 Å². The molecule has 19 heavy (non-hydrogen) atoms. The number of carbonyl (C=O) groups excluding carboxylic acids is 1. The van der Waals surface area contributed by atoms with Crippen molar-refractivity contribution in [3.63, 3.8) is 0 Å². The monoisotopic (exact) mass is 366 g/mol. The van der Waals surface area contributed by atoms with E-state index >= 15 is 0 Å². The second-order valence-electron chi connectivity index (χ2n) is 4.46. The van der Waals surface area contributed by atoms with Gasteiger partial charge >= 0.3 is 0 Å². The third-order valence-electron chi connectivity index (χ3n) is 3.04. The molecule has 0 bridgehead atoms.